The summed E-state index contributed by atoms with van der Waals surface area (Å²) >= 11 is 6.20. The highest BCUT2D eigenvalue weighted by Gasteiger charge is 2.24. The summed E-state index contributed by atoms with van der Waals surface area (Å²) in [6, 6.07) is 0. The van der Waals surface area contributed by atoms with Crippen LogP contribution in [0.1, 0.15) is 27.2 Å². The number of ether oxygens (including phenoxy) is 1. The van der Waals surface area contributed by atoms with Crippen LogP contribution in [0.4, 0.5) is 0 Å². The fraction of sp³-hybridized carbons (Fsp3) is 0.692. The van der Waals surface area contributed by atoms with Crippen molar-refractivity contribution in [1.29, 1.82) is 0 Å². The molecule has 1 aliphatic rings. The van der Waals surface area contributed by atoms with Crippen LogP contribution in [0.15, 0.2) is 22.4 Å². The minimum atomic E-state index is 0.409. The first-order valence-electron chi connectivity index (χ1n) is 5.93. The second-order valence-electron chi connectivity index (χ2n) is 4.46. The highest BCUT2D eigenvalue weighted by molar-refractivity contribution is 6.30. The molecule has 2 nitrogen and oxygen atoms in total. The predicted octanol–water partition coefficient (Wildman–Crippen LogP) is 3.30. The molecule has 1 N–H and O–H groups in total. The van der Waals surface area contributed by atoms with Crippen molar-refractivity contribution in [1.82, 2.24) is 5.32 Å². The Balaban J connectivity index is 2.58. The highest BCUT2D eigenvalue weighted by atomic mass is 35.5. The zero-order valence-corrected chi connectivity index (χ0v) is 11.4. The van der Waals surface area contributed by atoms with Gasteiger partial charge in [-0.25, -0.2) is 0 Å². The molecule has 0 aromatic heterocycles. The van der Waals surface area contributed by atoms with E-state index in [0.29, 0.717) is 11.8 Å². The molecule has 3 heteroatoms. The molecule has 0 saturated carbocycles. The van der Waals surface area contributed by atoms with Gasteiger partial charge in [0.15, 0.2) is 0 Å². The van der Waals surface area contributed by atoms with Gasteiger partial charge in [0.2, 0.25) is 0 Å². The van der Waals surface area contributed by atoms with Crippen LogP contribution in [0.25, 0.3) is 0 Å². The molecule has 1 aliphatic carbocycles. The lowest BCUT2D eigenvalue weighted by Crippen LogP contribution is -2.17. The SMILES string of the molecule is CNCCCOC1=C(C)C(C)C(C)C(Cl)=C1. The summed E-state index contributed by atoms with van der Waals surface area (Å²) in [7, 11) is 1.95. The maximum Gasteiger partial charge on any atom is 0.119 e. The van der Waals surface area contributed by atoms with Crippen molar-refractivity contribution in [2.24, 2.45) is 11.8 Å². The van der Waals surface area contributed by atoms with Crippen LogP contribution < -0.4 is 5.32 Å². The van der Waals surface area contributed by atoms with Crippen LogP contribution in [-0.4, -0.2) is 20.2 Å². The fourth-order valence-corrected chi connectivity index (χ4v) is 2.08. The van der Waals surface area contributed by atoms with Gasteiger partial charge in [-0.2, -0.15) is 0 Å². The van der Waals surface area contributed by atoms with Crippen LogP contribution in [0.2, 0.25) is 0 Å². The van der Waals surface area contributed by atoms with Crippen molar-refractivity contribution in [2.75, 3.05) is 20.2 Å². The first kappa shape index (κ1) is 13.6. The molecular formula is C13H22ClNO. The van der Waals surface area contributed by atoms with E-state index >= 15 is 0 Å². The van der Waals surface area contributed by atoms with E-state index in [0.717, 1.165) is 30.4 Å². The molecule has 1 rings (SSSR count). The number of hydrogen-bond donors (Lipinski definition) is 1. The molecule has 0 aromatic rings. The van der Waals surface area contributed by atoms with Gasteiger partial charge in [0, 0.05) is 5.03 Å². The third kappa shape index (κ3) is 3.26. The normalized spacial score (nSPS) is 25.7. The molecule has 0 bridgehead atoms. The van der Waals surface area contributed by atoms with Gasteiger partial charge in [-0.05, 0) is 50.4 Å². The number of nitrogens with one attached hydrogen (secondary N) is 1. The Bertz CT molecular complexity index is 296. The maximum atomic E-state index is 6.20. The molecule has 0 radical (unpaired) electrons. The number of allylic oxidation sites excluding steroid dienone is 3. The Morgan fingerprint density at radius 3 is 2.69 bits per heavy atom. The van der Waals surface area contributed by atoms with Crippen LogP contribution >= 0.6 is 11.6 Å². The van der Waals surface area contributed by atoms with E-state index in [1.165, 1.54) is 5.57 Å². The highest BCUT2D eigenvalue weighted by Crippen LogP contribution is 2.36. The van der Waals surface area contributed by atoms with Gasteiger partial charge in [0.25, 0.3) is 0 Å². The van der Waals surface area contributed by atoms with Crippen LogP contribution in [-0.2, 0) is 4.74 Å². The van der Waals surface area contributed by atoms with Crippen LogP contribution in [0.3, 0.4) is 0 Å². The van der Waals surface area contributed by atoms with Gasteiger partial charge in [0.05, 0.1) is 6.61 Å². The Kier molecular flexibility index (Phi) is 5.36. The third-order valence-electron chi connectivity index (χ3n) is 3.35. The predicted molar refractivity (Wildman–Crippen MR) is 69.5 cm³/mol. The van der Waals surface area contributed by atoms with Crippen molar-refractivity contribution < 1.29 is 4.74 Å². The Morgan fingerprint density at radius 2 is 2.06 bits per heavy atom. The molecule has 92 valence electrons. The number of hydrogen-bond acceptors (Lipinski definition) is 2. The summed E-state index contributed by atoms with van der Waals surface area (Å²) in [5.74, 6) is 1.84. The quantitative estimate of drug-likeness (QED) is 0.749. The Labute approximate surface area is 104 Å². The molecule has 0 amide bonds. The van der Waals surface area contributed by atoms with Crippen LogP contribution in [0, 0.1) is 11.8 Å². The van der Waals surface area contributed by atoms with E-state index in [2.05, 4.69) is 26.1 Å². The molecule has 0 aliphatic heterocycles. The summed E-state index contributed by atoms with van der Waals surface area (Å²) < 4.78 is 5.77. The molecule has 0 saturated heterocycles. The van der Waals surface area contributed by atoms with Gasteiger partial charge >= 0.3 is 0 Å². The second-order valence-corrected chi connectivity index (χ2v) is 4.90. The Hall–Kier alpha value is -0.470. The fourth-order valence-electron chi connectivity index (χ4n) is 1.80. The zero-order chi connectivity index (χ0) is 12.1. The number of halogens is 1. The summed E-state index contributed by atoms with van der Waals surface area (Å²) in [4.78, 5) is 0. The molecular weight excluding hydrogens is 222 g/mol. The second kappa shape index (κ2) is 6.31. The first-order chi connectivity index (χ1) is 7.57. The topological polar surface area (TPSA) is 21.3 Å². The zero-order valence-electron chi connectivity index (χ0n) is 10.6. The van der Waals surface area contributed by atoms with Crippen molar-refractivity contribution in [3.63, 3.8) is 0 Å². The lowest BCUT2D eigenvalue weighted by atomic mass is 9.84. The average molecular weight is 244 g/mol. The van der Waals surface area contributed by atoms with E-state index < -0.39 is 0 Å². The van der Waals surface area contributed by atoms with Crippen LogP contribution in [0.5, 0.6) is 0 Å². The van der Waals surface area contributed by atoms with Crippen molar-refractivity contribution in [3.8, 4) is 0 Å². The first-order valence-corrected chi connectivity index (χ1v) is 6.31. The van der Waals surface area contributed by atoms with Gasteiger partial charge in [0.1, 0.15) is 5.76 Å². The molecule has 0 aromatic carbocycles. The molecule has 0 heterocycles. The molecule has 2 atom stereocenters. The standard InChI is InChI=1S/C13H22ClNO/c1-9-10(2)12(14)8-13(11(9)3)16-7-5-6-15-4/h8-10,15H,5-7H2,1-4H3. The van der Waals surface area contributed by atoms with Crippen molar-refractivity contribution in [2.45, 2.75) is 27.2 Å². The summed E-state index contributed by atoms with van der Waals surface area (Å²) in [6.45, 7) is 8.22. The Morgan fingerprint density at radius 1 is 1.38 bits per heavy atom. The molecule has 16 heavy (non-hydrogen) atoms. The molecule has 0 spiro atoms. The van der Waals surface area contributed by atoms with Crippen molar-refractivity contribution in [3.05, 3.63) is 22.4 Å². The molecule has 0 fully saturated rings. The van der Waals surface area contributed by atoms with Gasteiger partial charge in [-0.15, -0.1) is 0 Å². The summed E-state index contributed by atoms with van der Waals surface area (Å²) in [5.41, 5.74) is 1.31. The minimum absolute atomic E-state index is 0.409. The van der Waals surface area contributed by atoms with Gasteiger partial charge in [-0.3, -0.25) is 0 Å². The summed E-state index contributed by atoms with van der Waals surface area (Å²) in [5, 5.41) is 4.01. The third-order valence-corrected chi connectivity index (χ3v) is 3.81. The van der Waals surface area contributed by atoms with E-state index in [1.54, 1.807) is 0 Å². The summed E-state index contributed by atoms with van der Waals surface area (Å²) in [6.07, 6.45) is 2.99. The number of rotatable bonds is 5. The van der Waals surface area contributed by atoms with Gasteiger partial charge < -0.3 is 10.1 Å². The van der Waals surface area contributed by atoms with E-state index in [-0.39, 0.29) is 0 Å². The van der Waals surface area contributed by atoms with Crippen molar-refractivity contribution >= 4 is 11.6 Å². The molecule has 2 unspecified atom stereocenters. The smallest absolute Gasteiger partial charge is 0.119 e. The lowest BCUT2D eigenvalue weighted by Gasteiger charge is -2.27. The lowest BCUT2D eigenvalue weighted by molar-refractivity contribution is 0.209. The largest absolute Gasteiger partial charge is 0.494 e. The van der Waals surface area contributed by atoms with Gasteiger partial charge in [-0.1, -0.05) is 25.4 Å². The van der Waals surface area contributed by atoms with E-state index in [1.807, 2.05) is 13.1 Å². The monoisotopic (exact) mass is 243 g/mol. The maximum absolute atomic E-state index is 6.20. The minimum Gasteiger partial charge on any atom is -0.494 e. The van der Waals surface area contributed by atoms with E-state index in [4.69, 9.17) is 16.3 Å². The average Bonchev–Trinajstić information content (AvgIpc) is 2.28. The van der Waals surface area contributed by atoms with E-state index in [9.17, 15) is 0 Å².